The van der Waals surface area contributed by atoms with Crippen LogP contribution in [0.5, 0.6) is 5.75 Å². The van der Waals surface area contributed by atoms with E-state index in [9.17, 15) is 18.0 Å². The van der Waals surface area contributed by atoms with Gasteiger partial charge < -0.3 is 9.50 Å². The van der Waals surface area contributed by atoms with Crippen LogP contribution >= 0.6 is 23.2 Å². The minimum absolute atomic E-state index is 0.0173. The summed E-state index contributed by atoms with van der Waals surface area (Å²) in [7, 11) is -4.24. The highest BCUT2D eigenvalue weighted by molar-refractivity contribution is 7.87. The molecule has 1 heterocycles. The molecule has 0 aromatic heterocycles. The van der Waals surface area contributed by atoms with E-state index in [4.69, 9.17) is 27.4 Å². The third kappa shape index (κ3) is 4.06. The maximum Gasteiger partial charge on any atom is 0.339 e. The molecule has 0 bridgehead atoms. The molecule has 34 heavy (non-hydrogen) atoms. The Bertz CT molecular complexity index is 1340. The van der Waals surface area contributed by atoms with Crippen LogP contribution in [-0.4, -0.2) is 20.0 Å². The van der Waals surface area contributed by atoms with Crippen LogP contribution in [-0.2, 0) is 19.7 Å². The molecule has 1 aliphatic heterocycles. The lowest BCUT2D eigenvalue weighted by molar-refractivity contribution is -0.116. The fraction of sp³-hybridized carbons (Fsp3) is 0.280. The molecule has 0 saturated carbocycles. The number of benzene rings is 2. The first-order chi connectivity index (χ1) is 16.3. The molecule has 9 heteroatoms. The second-order valence-electron chi connectivity index (χ2n) is 8.55. The van der Waals surface area contributed by atoms with Crippen molar-refractivity contribution in [3.05, 3.63) is 80.6 Å². The SMILES string of the molecule is O=C1CCCC2=C1C(c1cc(Cl)cc(Cl)c1OS(=O)(=O)c1ccccc1)C1=C(CCCC1=O)N2. The number of carbonyl (C=O) groups excluding carboxylic acids is 2. The lowest BCUT2D eigenvalue weighted by Gasteiger charge is -2.37. The van der Waals surface area contributed by atoms with Crippen molar-refractivity contribution in [2.45, 2.75) is 49.3 Å². The third-order valence-electron chi connectivity index (χ3n) is 6.36. The van der Waals surface area contributed by atoms with Gasteiger partial charge in [0.2, 0.25) is 0 Å². The van der Waals surface area contributed by atoms with Gasteiger partial charge in [-0.25, -0.2) is 0 Å². The predicted molar refractivity (Wildman–Crippen MR) is 128 cm³/mol. The first-order valence-electron chi connectivity index (χ1n) is 11.0. The zero-order chi connectivity index (χ0) is 24.0. The molecule has 0 radical (unpaired) electrons. The Balaban J connectivity index is 1.72. The van der Waals surface area contributed by atoms with Gasteiger partial charge in [0.25, 0.3) is 0 Å². The fourth-order valence-electron chi connectivity index (χ4n) is 4.92. The molecule has 2 aromatic carbocycles. The summed E-state index contributed by atoms with van der Waals surface area (Å²) >= 11 is 12.8. The number of carbonyl (C=O) groups is 2. The molecular weight excluding hydrogens is 497 g/mol. The summed E-state index contributed by atoms with van der Waals surface area (Å²) in [4.78, 5) is 26.2. The number of nitrogens with one attached hydrogen (secondary N) is 1. The van der Waals surface area contributed by atoms with Crippen LogP contribution in [0.1, 0.15) is 50.0 Å². The largest absolute Gasteiger partial charge is 0.377 e. The summed E-state index contributed by atoms with van der Waals surface area (Å²) in [5.41, 5.74) is 2.75. The zero-order valence-electron chi connectivity index (χ0n) is 18.1. The molecule has 0 fully saturated rings. The van der Waals surface area contributed by atoms with Gasteiger partial charge in [0.1, 0.15) is 4.90 Å². The molecule has 0 amide bonds. The highest BCUT2D eigenvalue weighted by Gasteiger charge is 2.42. The lowest BCUT2D eigenvalue weighted by Crippen LogP contribution is -2.36. The second-order valence-corrected chi connectivity index (χ2v) is 10.9. The highest BCUT2D eigenvalue weighted by atomic mass is 35.5. The Kier molecular flexibility index (Phi) is 6.04. The van der Waals surface area contributed by atoms with Gasteiger partial charge in [0.15, 0.2) is 17.3 Å². The van der Waals surface area contributed by atoms with Gasteiger partial charge in [-0.05, 0) is 49.9 Å². The van der Waals surface area contributed by atoms with Gasteiger partial charge in [-0.1, -0.05) is 41.4 Å². The number of dihydropyridines is 1. The second kappa shape index (κ2) is 8.87. The predicted octanol–water partition coefficient (Wildman–Crippen LogP) is 5.46. The van der Waals surface area contributed by atoms with Crippen molar-refractivity contribution in [1.82, 2.24) is 5.32 Å². The molecule has 0 unspecified atom stereocenters. The average molecular weight is 518 g/mol. The van der Waals surface area contributed by atoms with E-state index in [-0.39, 0.29) is 32.3 Å². The van der Waals surface area contributed by atoms with E-state index in [0.29, 0.717) is 55.2 Å². The molecule has 1 N–H and O–H groups in total. The number of hydrogen-bond acceptors (Lipinski definition) is 6. The van der Waals surface area contributed by atoms with E-state index in [1.807, 2.05) is 0 Å². The zero-order valence-corrected chi connectivity index (χ0v) is 20.4. The smallest absolute Gasteiger partial charge is 0.339 e. The van der Waals surface area contributed by atoms with Crippen LogP contribution in [0.15, 0.2) is 69.9 Å². The van der Waals surface area contributed by atoms with E-state index in [0.717, 1.165) is 11.4 Å². The average Bonchev–Trinajstić information content (AvgIpc) is 2.80. The van der Waals surface area contributed by atoms with Crippen LogP contribution in [0.3, 0.4) is 0 Å². The van der Waals surface area contributed by atoms with Crippen LogP contribution < -0.4 is 9.50 Å². The van der Waals surface area contributed by atoms with Gasteiger partial charge in [0, 0.05) is 51.9 Å². The topological polar surface area (TPSA) is 89.5 Å². The summed E-state index contributed by atoms with van der Waals surface area (Å²) in [5, 5.41) is 3.56. The summed E-state index contributed by atoms with van der Waals surface area (Å²) in [5.74, 6) is -1.10. The van der Waals surface area contributed by atoms with Crippen LogP contribution in [0.2, 0.25) is 10.0 Å². The quantitative estimate of drug-likeness (QED) is 0.541. The van der Waals surface area contributed by atoms with E-state index < -0.39 is 16.0 Å². The fourth-order valence-corrected chi connectivity index (χ4v) is 6.51. The molecule has 0 atom stereocenters. The lowest BCUT2D eigenvalue weighted by atomic mass is 9.71. The molecule has 176 valence electrons. The number of rotatable bonds is 4. The van der Waals surface area contributed by atoms with Crippen molar-refractivity contribution in [2.75, 3.05) is 0 Å². The van der Waals surface area contributed by atoms with Gasteiger partial charge in [0.05, 0.1) is 5.02 Å². The molecule has 3 aliphatic rings. The molecule has 0 spiro atoms. The van der Waals surface area contributed by atoms with Crippen molar-refractivity contribution in [1.29, 1.82) is 0 Å². The standard InChI is InChI=1S/C25H21Cl2NO5S/c26-14-12-16(25(17(27)13-14)33-34(31,32)15-6-2-1-3-7-15)22-23-18(8-4-10-20(23)29)28-19-9-5-11-21(30)24(19)22/h1-3,6-7,12-13,22,28H,4-5,8-11H2. The van der Waals surface area contributed by atoms with Crippen LogP contribution in [0.25, 0.3) is 0 Å². The van der Waals surface area contributed by atoms with Gasteiger partial charge in [-0.3, -0.25) is 9.59 Å². The van der Waals surface area contributed by atoms with Crippen molar-refractivity contribution in [3.63, 3.8) is 0 Å². The normalized spacial score (nSPS) is 19.0. The first kappa shape index (κ1) is 23.1. The van der Waals surface area contributed by atoms with Crippen molar-refractivity contribution in [3.8, 4) is 5.75 Å². The molecule has 5 rings (SSSR count). The summed E-state index contributed by atoms with van der Waals surface area (Å²) in [6, 6.07) is 10.6. The minimum Gasteiger partial charge on any atom is -0.377 e. The van der Waals surface area contributed by atoms with Gasteiger partial charge in [-0.15, -0.1) is 0 Å². The minimum atomic E-state index is -4.24. The highest BCUT2D eigenvalue weighted by Crippen LogP contribution is 2.50. The third-order valence-corrected chi connectivity index (χ3v) is 8.10. The number of ketones is 2. The van der Waals surface area contributed by atoms with Crippen molar-refractivity contribution < 1.29 is 22.2 Å². The summed E-state index contributed by atoms with van der Waals surface area (Å²) < 4.78 is 31.7. The maximum atomic E-state index is 13.1. The van der Waals surface area contributed by atoms with Crippen molar-refractivity contribution >= 4 is 44.9 Å². The Morgan fingerprint density at radius 2 is 1.44 bits per heavy atom. The molecule has 0 saturated heterocycles. The molecular formula is C25H21Cl2NO5S. The molecule has 6 nitrogen and oxygen atoms in total. The van der Waals surface area contributed by atoms with Crippen LogP contribution in [0.4, 0.5) is 0 Å². The van der Waals surface area contributed by atoms with Gasteiger partial charge >= 0.3 is 10.1 Å². The van der Waals surface area contributed by atoms with E-state index in [1.165, 1.54) is 24.3 Å². The molecule has 2 aliphatic carbocycles. The van der Waals surface area contributed by atoms with E-state index >= 15 is 0 Å². The first-order valence-corrected chi connectivity index (χ1v) is 13.2. The van der Waals surface area contributed by atoms with E-state index in [2.05, 4.69) is 5.32 Å². The monoisotopic (exact) mass is 517 g/mol. The maximum absolute atomic E-state index is 13.1. The van der Waals surface area contributed by atoms with Gasteiger partial charge in [-0.2, -0.15) is 8.42 Å². The number of Topliss-reactive ketones (excluding diaryl/α,β-unsaturated/α-hetero) is 2. The number of halogens is 2. The number of allylic oxidation sites excluding steroid dienone is 4. The molecule has 2 aromatic rings. The Morgan fingerprint density at radius 1 is 0.853 bits per heavy atom. The number of hydrogen-bond donors (Lipinski definition) is 1. The summed E-state index contributed by atoms with van der Waals surface area (Å²) in [6.07, 6.45) is 3.43. The van der Waals surface area contributed by atoms with E-state index in [1.54, 1.807) is 18.2 Å². The van der Waals surface area contributed by atoms with Crippen molar-refractivity contribution in [2.24, 2.45) is 0 Å². The van der Waals surface area contributed by atoms with Crippen LogP contribution in [0, 0.1) is 0 Å². The Labute approximate surface area is 207 Å². The Hall–Kier alpha value is -2.61. The summed E-state index contributed by atoms with van der Waals surface area (Å²) in [6.45, 7) is 0. The Morgan fingerprint density at radius 3 is 2.03 bits per heavy atom.